The topological polar surface area (TPSA) is 86.8 Å². The summed E-state index contributed by atoms with van der Waals surface area (Å²) in [5.41, 5.74) is 9.85. The van der Waals surface area contributed by atoms with Crippen molar-refractivity contribution >= 4 is 18.5 Å². The number of nitrogens with zero attached hydrogens (tertiary/aromatic N) is 1. The fourth-order valence-electron chi connectivity index (χ4n) is 4.33. The quantitative estimate of drug-likeness (QED) is 0.541. The lowest BCUT2D eigenvalue weighted by Crippen LogP contribution is -2.38. The van der Waals surface area contributed by atoms with E-state index in [1.807, 2.05) is 23.1 Å². The number of likely N-dealkylation sites (tertiary alicyclic amines) is 1. The molecule has 0 spiro atoms. The maximum absolute atomic E-state index is 13.8. The van der Waals surface area contributed by atoms with Crippen molar-refractivity contribution in [3.05, 3.63) is 89.2 Å². The first-order valence-corrected chi connectivity index (χ1v) is 10.8. The van der Waals surface area contributed by atoms with Crippen LogP contribution in [0.15, 0.2) is 66.7 Å². The van der Waals surface area contributed by atoms with Crippen LogP contribution in [0.3, 0.4) is 0 Å². The summed E-state index contributed by atoms with van der Waals surface area (Å²) in [5.74, 6) is -0.305. The molecule has 1 saturated heterocycles. The Morgan fingerprint density at radius 2 is 1.72 bits per heavy atom. The standard InChI is InChI=1S/C25H26BFN2O3/c27-24-8-7-21(15-23(24)26(31)32)20-5-2-6-22(14-20)25(30)29-11-9-18(10-12-29)19-4-1-3-17(13-19)16-28/h1-8,13-15,18,31-32H,9-12,16,28H2. The average Bonchev–Trinajstić information content (AvgIpc) is 2.84. The van der Waals surface area contributed by atoms with Gasteiger partial charge < -0.3 is 20.7 Å². The molecule has 1 aliphatic rings. The molecular weight excluding hydrogens is 406 g/mol. The highest BCUT2D eigenvalue weighted by atomic mass is 19.1. The van der Waals surface area contributed by atoms with Gasteiger partial charge in [-0.15, -0.1) is 0 Å². The third-order valence-corrected chi connectivity index (χ3v) is 6.16. The molecule has 0 bridgehead atoms. The molecule has 32 heavy (non-hydrogen) atoms. The van der Waals surface area contributed by atoms with Gasteiger partial charge in [-0.25, -0.2) is 4.39 Å². The molecule has 0 atom stereocenters. The zero-order valence-corrected chi connectivity index (χ0v) is 17.7. The molecule has 164 valence electrons. The molecular formula is C25H26BFN2O3. The molecule has 1 fully saturated rings. The van der Waals surface area contributed by atoms with Gasteiger partial charge in [0.25, 0.3) is 5.91 Å². The Labute approximate surface area is 187 Å². The van der Waals surface area contributed by atoms with E-state index in [2.05, 4.69) is 12.1 Å². The van der Waals surface area contributed by atoms with Gasteiger partial charge in [-0.2, -0.15) is 0 Å². The second-order valence-electron chi connectivity index (χ2n) is 8.21. The average molecular weight is 432 g/mol. The van der Waals surface area contributed by atoms with Gasteiger partial charge in [-0.3, -0.25) is 4.79 Å². The number of amides is 1. The zero-order chi connectivity index (χ0) is 22.7. The number of rotatable bonds is 5. The minimum atomic E-state index is -1.90. The Hall–Kier alpha value is -3.00. The van der Waals surface area contributed by atoms with Gasteiger partial charge in [0.1, 0.15) is 5.82 Å². The third-order valence-electron chi connectivity index (χ3n) is 6.16. The maximum Gasteiger partial charge on any atom is 0.491 e. The summed E-state index contributed by atoms with van der Waals surface area (Å²) in [6.45, 7) is 1.88. The first-order valence-electron chi connectivity index (χ1n) is 10.8. The van der Waals surface area contributed by atoms with Crippen LogP contribution >= 0.6 is 0 Å². The van der Waals surface area contributed by atoms with Crippen LogP contribution in [-0.2, 0) is 6.54 Å². The maximum atomic E-state index is 13.8. The number of hydrogen-bond acceptors (Lipinski definition) is 4. The SMILES string of the molecule is NCc1cccc(C2CCN(C(=O)c3cccc(-c4ccc(F)c(B(O)O)c4)c3)CC2)c1. The summed E-state index contributed by atoms with van der Waals surface area (Å²) in [6, 6.07) is 19.6. The van der Waals surface area contributed by atoms with Gasteiger partial charge in [0.15, 0.2) is 0 Å². The second-order valence-corrected chi connectivity index (χ2v) is 8.21. The van der Waals surface area contributed by atoms with Gasteiger partial charge in [-0.1, -0.05) is 48.5 Å². The molecule has 5 nitrogen and oxygen atoms in total. The number of carbonyl (C=O) groups is 1. The van der Waals surface area contributed by atoms with E-state index in [-0.39, 0.29) is 11.4 Å². The van der Waals surface area contributed by atoms with E-state index in [0.717, 1.165) is 18.4 Å². The molecule has 0 radical (unpaired) electrons. The van der Waals surface area contributed by atoms with Crippen LogP contribution in [0.2, 0.25) is 0 Å². The summed E-state index contributed by atoms with van der Waals surface area (Å²) in [5, 5.41) is 18.7. The van der Waals surface area contributed by atoms with Crippen LogP contribution in [0, 0.1) is 5.82 Å². The largest absolute Gasteiger partial charge is 0.491 e. The summed E-state index contributed by atoms with van der Waals surface area (Å²) < 4.78 is 13.8. The van der Waals surface area contributed by atoms with Crippen molar-refractivity contribution in [1.82, 2.24) is 4.90 Å². The monoisotopic (exact) mass is 432 g/mol. The summed E-state index contributed by atoms with van der Waals surface area (Å²) in [7, 11) is -1.90. The fourth-order valence-corrected chi connectivity index (χ4v) is 4.33. The van der Waals surface area contributed by atoms with Crippen molar-refractivity contribution in [2.24, 2.45) is 5.73 Å². The molecule has 3 aromatic rings. The predicted molar refractivity (Wildman–Crippen MR) is 124 cm³/mol. The van der Waals surface area contributed by atoms with Gasteiger partial charge in [-0.05, 0) is 59.2 Å². The normalized spacial score (nSPS) is 14.4. The Morgan fingerprint density at radius 1 is 1.00 bits per heavy atom. The van der Waals surface area contributed by atoms with Crippen LogP contribution in [-0.4, -0.2) is 41.1 Å². The lowest BCUT2D eigenvalue weighted by molar-refractivity contribution is 0.0713. The Morgan fingerprint density at radius 3 is 2.44 bits per heavy atom. The molecule has 1 amide bonds. The van der Waals surface area contributed by atoms with E-state index < -0.39 is 12.9 Å². The fraction of sp³-hybridized carbons (Fsp3) is 0.240. The van der Waals surface area contributed by atoms with Crippen molar-refractivity contribution in [3.8, 4) is 11.1 Å². The van der Waals surface area contributed by atoms with Crippen LogP contribution in [0.1, 0.15) is 40.2 Å². The number of piperidine rings is 1. The molecule has 0 unspecified atom stereocenters. The smallest absolute Gasteiger partial charge is 0.423 e. The minimum absolute atomic E-state index is 0.0365. The molecule has 1 heterocycles. The van der Waals surface area contributed by atoms with Gasteiger partial charge in [0, 0.05) is 30.7 Å². The van der Waals surface area contributed by atoms with Crippen molar-refractivity contribution in [1.29, 1.82) is 0 Å². The van der Waals surface area contributed by atoms with Crippen LogP contribution in [0.5, 0.6) is 0 Å². The number of benzene rings is 3. The van der Waals surface area contributed by atoms with E-state index in [4.69, 9.17) is 5.73 Å². The molecule has 0 aromatic heterocycles. The third kappa shape index (κ3) is 4.75. The molecule has 4 rings (SSSR count). The van der Waals surface area contributed by atoms with Gasteiger partial charge >= 0.3 is 7.12 Å². The summed E-state index contributed by atoms with van der Waals surface area (Å²) in [4.78, 5) is 15.0. The van der Waals surface area contributed by atoms with E-state index in [0.29, 0.717) is 42.2 Å². The number of nitrogens with two attached hydrogens (primary N) is 1. The van der Waals surface area contributed by atoms with Crippen molar-refractivity contribution in [3.63, 3.8) is 0 Å². The highest BCUT2D eigenvalue weighted by Crippen LogP contribution is 2.29. The predicted octanol–water partition coefficient (Wildman–Crippen LogP) is 2.65. The van der Waals surface area contributed by atoms with E-state index in [9.17, 15) is 19.2 Å². The van der Waals surface area contributed by atoms with Crippen molar-refractivity contribution in [2.45, 2.75) is 25.3 Å². The molecule has 1 aliphatic heterocycles. The van der Waals surface area contributed by atoms with Crippen LogP contribution in [0.25, 0.3) is 11.1 Å². The van der Waals surface area contributed by atoms with Crippen LogP contribution in [0.4, 0.5) is 4.39 Å². The molecule has 3 aromatic carbocycles. The Bertz CT molecular complexity index is 1110. The number of halogens is 1. The van der Waals surface area contributed by atoms with Crippen LogP contribution < -0.4 is 11.2 Å². The summed E-state index contributed by atoms with van der Waals surface area (Å²) >= 11 is 0. The lowest BCUT2D eigenvalue weighted by atomic mass is 9.78. The highest BCUT2D eigenvalue weighted by Gasteiger charge is 2.25. The Kier molecular flexibility index (Phi) is 6.70. The van der Waals surface area contributed by atoms with E-state index in [1.165, 1.54) is 17.7 Å². The Balaban J connectivity index is 1.47. The number of hydrogen-bond donors (Lipinski definition) is 3. The van der Waals surface area contributed by atoms with E-state index in [1.54, 1.807) is 24.3 Å². The first kappa shape index (κ1) is 22.2. The molecule has 0 aliphatic carbocycles. The zero-order valence-electron chi connectivity index (χ0n) is 17.7. The van der Waals surface area contributed by atoms with Crippen molar-refractivity contribution in [2.75, 3.05) is 13.1 Å². The minimum Gasteiger partial charge on any atom is -0.423 e. The molecule has 7 heteroatoms. The lowest BCUT2D eigenvalue weighted by Gasteiger charge is -2.32. The first-order chi connectivity index (χ1) is 15.5. The molecule has 0 saturated carbocycles. The van der Waals surface area contributed by atoms with Gasteiger partial charge in [0.2, 0.25) is 0 Å². The van der Waals surface area contributed by atoms with Gasteiger partial charge in [0.05, 0.1) is 0 Å². The summed E-state index contributed by atoms with van der Waals surface area (Å²) in [6.07, 6.45) is 1.80. The molecule has 4 N–H and O–H groups in total. The van der Waals surface area contributed by atoms with E-state index >= 15 is 0 Å². The van der Waals surface area contributed by atoms with Crippen molar-refractivity contribution < 1.29 is 19.2 Å². The number of carbonyl (C=O) groups excluding carboxylic acids is 1. The second kappa shape index (κ2) is 9.65. The highest BCUT2D eigenvalue weighted by molar-refractivity contribution is 6.58.